The molecule has 8 nitrogen and oxygen atoms in total. The highest BCUT2D eigenvalue weighted by Crippen LogP contribution is 2.22. The maximum Gasteiger partial charge on any atom is 0.387 e. The average Bonchev–Trinajstić information content (AvgIpc) is 2.67. The fraction of sp³-hybridized carbons (Fsp3) is 0.158. The Morgan fingerprint density at radius 3 is 2.59 bits per heavy atom. The van der Waals surface area contributed by atoms with Gasteiger partial charge in [-0.3, -0.25) is 0 Å². The standard InChI is InChI=1S/C19H17F2N5O3/c1-11-6-2-4-8-13(11)23-19-25-15(24-18(22)26-19)10-28-16(27)12-7-3-5-9-14(12)29-17(20)21/h2-9,17H,10H2,1H3,(H3,22,23,24,25,26). The van der Waals surface area contributed by atoms with Gasteiger partial charge in [-0.1, -0.05) is 30.3 Å². The number of anilines is 3. The van der Waals surface area contributed by atoms with Crippen LogP contribution in [0.15, 0.2) is 48.5 Å². The van der Waals surface area contributed by atoms with Crippen molar-refractivity contribution < 1.29 is 23.0 Å². The first-order valence-electron chi connectivity index (χ1n) is 8.46. The highest BCUT2D eigenvalue weighted by molar-refractivity contribution is 5.92. The van der Waals surface area contributed by atoms with Gasteiger partial charge in [0.1, 0.15) is 11.3 Å². The summed E-state index contributed by atoms with van der Waals surface area (Å²) in [7, 11) is 0. The normalized spacial score (nSPS) is 10.6. The molecule has 0 aliphatic rings. The van der Waals surface area contributed by atoms with Gasteiger partial charge in [-0.2, -0.15) is 23.7 Å². The minimum Gasteiger partial charge on any atom is -0.454 e. The van der Waals surface area contributed by atoms with Crippen molar-refractivity contribution in [3.05, 3.63) is 65.5 Å². The van der Waals surface area contributed by atoms with E-state index in [1.54, 1.807) is 0 Å². The van der Waals surface area contributed by atoms with E-state index in [0.29, 0.717) is 0 Å². The van der Waals surface area contributed by atoms with Gasteiger partial charge in [-0.15, -0.1) is 0 Å². The summed E-state index contributed by atoms with van der Waals surface area (Å²) in [5, 5.41) is 3.02. The Balaban J connectivity index is 1.72. The molecule has 0 unspecified atom stereocenters. The van der Waals surface area contributed by atoms with E-state index >= 15 is 0 Å². The van der Waals surface area contributed by atoms with Gasteiger partial charge in [-0.05, 0) is 30.7 Å². The number of nitrogens with zero attached hydrogens (tertiary/aromatic N) is 3. The van der Waals surface area contributed by atoms with E-state index in [4.69, 9.17) is 10.5 Å². The van der Waals surface area contributed by atoms with Crippen LogP contribution in [0.2, 0.25) is 0 Å². The van der Waals surface area contributed by atoms with Crippen LogP contribution in [-0.4, -0.2) is 27.5 Å². The van der Waals surface area contributed by atoms with E-state index in [-0.39, 0.29) is 35.6 Å². The summed E-state index contributed by atoms with van der Waals surface area (Å²) in [5.74, 6) is -0.949. The van der Waals surface area contributed by atoms with Crippen LogP contribution in [0, 0.1) is 6.92 Å². The van der Waals surface area contributed by atoms with Crippen LogP contribution in [0.1, 0.15) is 21.7 Å². The second kappa shape index (κ2) is 8.91. The Labute approximate surface area is 164 Å². The summed E-state index contributed by atoms with van der Waals surface area (Å²) >= 11 is 0. The number of carbonyl (C=O) groups excluding carboxylic acids is 1. The second-order valence-electron chi connectivity index (χ2n) is 5.82. The van der Waals surface area contributed by atoms with Crippen molar-refractivity contribution >= 4 is 23.6 Å². The first-order chi connectivity index (χ1) is 13.9. The molecule has 1 aromatic heterocycles. The highest BCUT2D eigenvalue weighted by Gasteiger charge is 2.17. The van der Waals surface area contributed by atoms with Crippen LogP contribution >= 0.6 is 0 Å². The van der Waals surface area contributed by atoms with Gasteiger partial charge in [-0.25, -0.2) is 4.79 Å². The van der Waals surface area contributed by atoms with Crippen molar-refractivity contribution in [1.29, 1.82) is 0 Å². The zero-order valence-corrected chi connectivity index (χ0v) is 15.3. The maximum atomic E-state index is 12.5. The average molecular weight is 401 g/mol. The number of hydrogen-bond donors (Lipinski definition) is 2. The van der Waals surface area contributed by atoms with Crippen molar-refractivity contribution in [2.45, 2.75) is 20.1 Å². The van der Waals surface area contributed by atoms with Crippen molar-refractivity contribution in [2.24, 2.45) is 0 Å². The van der Waals surface area contributed by atoms with Crippen LogP contribution in [0.4, 0.5) is 26.4 Å². The third-order valence-corrected chi connectivity index (χ3v) is 3.75. The topological polar surface area (TPSA) is 112 Å². The number of carbonyl (C=O) groups is 1. The number of benzene rings is 2. The molecule has 0 aliphatic carbocycles. The first-order valence-corrected chi connectivity index (χ1v) is 8.46. The van der Waals surface area contributed by atoms with Crippen LogP contribution in [0.25, 0.3) is 0 Å². The zero-order valence-electron chi connectivity index (χ0n) is 15.3. The van der Waals surface area contributed by atoms with Crippen molar-refractivity contribution in [3.8, 4) is 5.75 Å². The molecule has 10 heteroatoms. The number of hydrogen-bond acceptors (Lipinski definition) is 8. The number of aromatic nitrogens is 3. The lowest BCUT2D eigenvalue weighted by Crippen LogP contribution is -2.13. The fourth-order valence-electron chi connectivity index (χ4n) is 2.43. The SMILES string of the molecule is Cc1ccccc1Nc1nc(N)nc(COC(=O)c2ccccc2OC(F)F)n1. The molecule has 0 aliphatic heterocycles. The second-order valence-corrected chi connectivity index (χ2v) is 5.82. The summed E-state index contributed by atoms with van der Waals surface area (Å²) in [6, 6.07) is 13.0. The van der Waals surface area contributed by atoms with Crippen LogP contribution < -0.4 is 15.8 Å². The van der Waals surface area contributed by atoms with E-state index in [9.17, 15) is 13.6 Å². The van der Waals surface area contributed by atoms with E-state index in [1.165, 1.54) is 24.3 Å². The molecule has 0 bridgehead atoms. The Kier molecular flexibility index (Phi) is 6.12. The quantitative estimate of drug-likeness (QED) is 0.579. The van der Waals surface area contributed by atoms with Gasteiger partial charge < -0.3 is 20.5 Å². The molecule has 0 atom stereocenters. The van der Waals surface area contributed by atoms with Gasteiger partial charge in [0, 0.05) is 5.69 Å². The maximum absolute atomic E-state index is 12.5. The molecule has 3 rings (SSSR count). The Bertz CT molecular complexity index is 1020. The lowest BCUT2D eigenvalue weighted by molar-refractivity contribution is -0.0505. The molecule has 150 valence electrons. The van der Waals surface area contributed by atoms with Crippen molar-refractivity contribution in [3.63, 3.8) is 0 Å². The number of halogens is 2. The molecule has 0 saturated carbocycles. The van der Waals surface area contributed by atoms with Gasteiger partial charge in [0.2, 0.25) is 11.9 Å². The van der Waals surface area contributed by atoms with Crippen LogP contribution in [0.5, 0.6) is 5.75 Å². The Hall–Kier alpha value is -3.82. The predicted octanol–water partition coefficient (Wildman–Crippen LogP) is 3.46. The molecule has 2 aromatic carbocycles. The highest BCUT2D eigenvalue weighted by atomic mass is 19.3. The number of nitrogen functional groups attached to an aromatic ring is 1. The van der Waals surface area contributed by atoms with Crippen LogP contribution in [-0.2, 0) is 11.3 Å². The smallest absolute Gasteiger partial charge is 0.387 e. The van der Waals surface area contributed by atoms with E-state index in [2.05, 4.69) is 25.0 Å². The molecule has 0 spiro atoms. The van der Waals surface area contributed by atoms with Gasteiger partial charge >= 0.3 is 12.6 Å². The predicted molar refractivity (Wildman–Crippen MR) is 101 cm³/mol. The molecular formula is C19H17F2N5O3. The number of alkyl halides is 2. The number of aryl methyl sites for hydroxylation is 1. The lowest BCUT2D eigenvalue weighted by Gasteiger charge is -2.11. The lowest BCUT2D eigenvalue weighted by atomic mass is 10.2. The van der Waals surface area contributed by atoms with Crippen molar-refractivity contribution in [1.82, 2.24) is 15.0 Å². The molecule has 0 saturated heterocycles. The number of para-hydroxylation sites is 2. The fourth-order valence-corrected chi connectivity index (χ4v) is 2.43. The summed E-state index contributed by atoms with van der Waals surface area (Å²) < 4.78 is 34.4. The third kappa shape index (κ3) is 5.34. The molecule has 0 amide bonds. The molecule has 1 heterocycles. The number of rotatable bonds is 7. The number of nitrogens with one attached hydrogen (secondary N) is 1. The van der Waals surface area contributed by atoms with Crippen molar-refractivity contribution in [2.75, 3.05) is 11.1 Å². The molecule has 3 N–H and O–H groups in total. The molecule has 3 aromatic rings. The summed E-state index contributed by atoms with van der Waals surface area (Å²) in [5.41, 5.74) is 7.30. The van der Waals surface area contributed by atoms with Gasteiger partial charge in [0.05, 0.1) is 0 Å². The summed E-state index contributed by atoms with van der Waals surface area (Å²) in [6.45, 7) is -1.49. The summed E-state index contributed by atoms with van der Waals surface area (Å²) in [4.78, 5) is 24.3. The van der Waals surface area contributed by atoms with E-state index in [0.717, 1.165) is 11.3 Å². The Morgan fingerprint density at radius 2 is 1.83 bits per heavy atom. The van der Waals surface area contributed by atoms with E-state index in [1.807, 2.05) is 31.2 Å². The molecule has 29 heavy (non-hydrogen) atoms. The minimum absolute atomic E-state index is 0.0661. The number of esters is 1. The zero-order chi connectivity index (χ0) is 20.8. The van der Waals surface area contributed by atoms with Gasteiger partial charge in [0.15, 0.2) is 12.4 Å². The van der Waals surface area contributed by atoms with Gasteiger partial charge in [0.25, 0.3) is 0 Å². The molecule has 0 radical (unpaired) electrons. The monoisotopic (exact) mass is 401 g/mol. The third-order valence-electron chi connectivity index (χ3n) is 3.75. The van der Waals surface area contributed by atoms with Crippen LogP contribution in [0.3, 0.4) is 0 Å². The summed E-state index contributed by atoms with van der Waals surface area (Å²) in [6.07, 6.45) is 0. The number of nitrogens with two attached hydrogens (primary N) is 1. The van der Waals surface area contributed by atoms with E-state index < -0.39 is 12.6 Å². The first kappa shape index (κ1) is 19.9. The minimum atomic E-state index is -3.07. The number of ether oxygens (including phenoxy) is 2. The Morgan fingerprint density at radius 1 is 1.10 bits per heavy atom. The molecular weight excluding hydrogens is 384 g/mol. The largest absolute Gasteiger partial charge is 0.454 e. The molecule has 0 fully saturated rings.